The van der Waals surface area contributed by atoms with Crippen molar-refractivity contribution in [3.63, 3.8) is 0 Å². The van der Waals surface area contributed by atoms with Crippen LogP contribution in [0.4, 0.5) is 0 Å². The molecule has 0 spiro atoms. The van der Waals surface area contributed by atoms with Crippen LogP contribution in [0.25, 0.3) is 5.57 Å². The molecule has 0 saturated heterocycles. The van der Waals surface area contributed by atoms with Crippen LogP contribution in [-0.4, -0.2) is 11.2 Å². The van der Waals surface area contributed by atoms with Crippen molar-refractivity contribution in [2.24, 2.45) is 5.92 Å². The Morgan fingerprint density at radius 2 is 1.82 bits per heavy atom. The molecule has 0 amide bonds. The van der Waals surface area contributed by atoms with E-state index in [4.69, 9.17) is 0 Å². The summed E-state index contributed by atoms with van der Waals surface area (Å²) in [6.45, 7) is 2.02. The van der Waals surface area contributed by atoms with E-state index in [2.05, 4.69) is 18.2 Å². The van der Waals surface area contributed by atoms with E-state index in [1.807, 2.05) is 25.1 Å². The molecule has 0 bridgehead atoms. The van der Waals surface area contributed by atoms with E-state index in [1.54, 1.807) is 0 Å². The zero-order chi connectivity index (χ0) is 12.1. The van der Waals surface area contributed by atoms with Crippen molar-refractivity contribution < 1.29 is 5.11 Å². The summed E-state index contributed by atoms with van der Waals surface area (Å²) in [5.74, 6) is 0.454. The van der Waals surface area contributed by atoms with Crippen LogP contribution < -0.4 is 0 Å². The lowest BCUT2D eigenvalue weighted by atomic mass is 9.81. The maximum atomic E-state index is 10.5. The average Bonchev–Trinajstić information content (AvgIpc) is 2.42. The molecule has 2 rings (SSSR count). The molecule has 1 aliphatic rings. The molecule has 1 aromatic carbocycles. The first-order valence-electron chi connectivity index (χ1n) is 6.72. The number of allylic oxidation sites excluding steroid dienone is 1. The molecule has 1 aliphatic carbocycles. The smallest absolute Gasteiger partial charge is 0.0820 e. The van der Waals surface area contributed by atoms with Gasteiger partial charge in [-0.2, -0.15) is 0 Å². The molecule has 1 nitrogen and oxygen atoms in total. The highest BCUT2D eigenvalue weighted by molar-refractivity contribution is 5.68. The van der Waals surface area contributed by atoms with Crippen LogP contribution in [0.3, 0.4) is 0 Å². The Bertz CT molecular complexity index is 360. The van der Waals surface area contributed by atoms with Crippen LogP contribution in [0.1, 0.15) is 44.6 Å². The lowest BCUT2D eigenvalue weighted by molar-refractivity contribution is 0.133. The van der Waals surface area contributed by atoms with Crippen LogP contribution in [0.2, 0.25) is 0 Å². The highest BCUT2D eigenvalue weighted by atomic mass is 16.3. The van der Waals surface area contributed by atoms with Gasteiger partial charge in [0.1, 0.15) is 0 Å². The Kier molecular flexibility index (Phi) is 4.38. The third-order valence-corrected chi connectivity index (χ3v) is 3.83. The molecule has 0 aromatic heterocycles. The largest absolute Gasteiger partial charge is 0.388 e. The Hall–Kier alpha value is -1.08. The predicted octanol–water partition coefficient (Wildman–Crippen LogP) is 4.03. The van der Waals surface area contributed by atoms with Crippen molar-refractivity contribution in [1.82, 2.24) is 0 Å². The molecule has 0 aliphatic heterocycles. The molecule has 1 aromatic rings. The molecule has 1 atom stereocenters. The number of aliphatic hydroxyl groups is 1. The fraction of sp³-hybridized carbons (Fsp3) is 0.500. The summed E-state index contributed by atoms with van der Waals surface area (Å²) < 4.78 is 0. The number of hydrogen-bond donors (Lipinski definition) is 1. The first-order chi connectivity index (χ1) is 8.33. The number of benzene rings is 1. The second kappa shape index (κ2) is 6.02. The van der Waals surface area contributed by atoms with Gasteiger partial charge in [0, 0.05) is 0 Å². The molecular weight excluding hydrogens is 208 g/mol. The fourth-order valence-electron chi connectivity index (χ4n) is 2.84. The molecule has 0 unspecified atom stereocenters. The topological polar surface area (TPSA) is 20.2 Å². The monoisotopic (exact) mass is 230 g/mol. The quantitative estimate of drug-likeness (QED) is 0.831. The molecule has 1 N–H and O–H groups in total. The Morgan fingerprint density at radius 3 is 2.41 bits per heavy atom. The van der Waals surface area contributed by atoms with Gasteiger partial charge in [0.15, 0.2) is 0 Å². The highest BCUT2D eigenvalue weighted by Crippen LogP contribution is 2.32. The molecule has 0 radical (unpaired) electrons. The van der Waals surface area contributed by atoms with Crippen LogP contribution in [0.5, 0.6) is 0 Å². The Balaban J connectivity index is 2.13. The number of aliphatic hydroxyl groups excluding tert-OH is 1. The minimum atomic E-state index is -0.289. The summed E-state index contributed by atoms with van der Waals surface area (Å²) in [7, 11) is 0. The van der Waals surface area contributed by atoms with E-state index in [0.29, 0.717) is 5.92 Å². The molecule has 1 fully saturated rings. The summed E-state index contributed by atoms with van der Waals surface area (Å²) in [4.78, 5) is 0. The first-order valence-corrected chi connectivity index (χ1v) is 6.72. The standard InChI is InChI=1S/C16H22O/c1-2-15(13-9-5-3-6-10-13)16(17)14-11-7-4-8-12-14/h2-3,5-6,9-10,14,16-17H,4,7-8,11-12H2,1H3/b15-2+/t16-/m1/s1. The van der Waals surface area contributed by atoms with E-state index in [1.165, 1.54) is 32.1 Å². The van der Waals surface area contributed by atoms with E-state index in [0.717, 1.165) is 11.1 Å². The third-order valence-electron chi connectivity index (χ3n) is 3.83. The summed E-state index contributed by atoms with van der Waals surface area (Å²) in [6.07, 6.45) is 7.99. The minimum Gasteiger partial charge on any atom is -0.388 e. The van der Waals surface area contributed by atoms with Crippen molar-refractivity contribution in [3.05, 3.63) is 42.0 Å². The Morgan fingerprint density at radius 1 is 1.18 bits per heavy atom. The lowest BCUT2D eigenvalue weighted by Gasteiger charge is -2.28. The molecule has 1 saturated carbocycles. The van der Waals surface area contributed by atoms with Gasteiger partial charge in [0.25, 0.3) is 0 Å². The third kappa shape index (κ3) is 2.98. The second-order valence-corrected chi connectivity index (χ2v) is 4.95. The van der Waals surface area contributed by atoms with Crippen molar-refractivity contribution >= 4 is 5.57 Å². The molecular formula is C16H22O. The highest BCUT2D eigenvalue weighted by Gasteiger charge is 2.24. The minimum absolute atomic E-state index is 0.289. The molecule has 0 heterocycles. The van der Waals surface area contributed by atoms with Gasteiger partial charge in [0.2, 0.25) is 0 Å². The number of rotatable bonds is 3. The van der Waals surface area contributed by atoms with Crippen molar-refractivity contribution in [3.8, 4) is 0 Å². The normalized spacial score (nSPS) is 20.2. The van der Waals surface area contributed by atoms with Crippen molar-refractivity contribution in [1.29, 1.82) is 0 Å². The summed E-state index contributed by atoms with van der Waals surface area (Å²) in [6, 6.07) is 10.3. The van der Waals surface area contributed by atoms with Crippen LogP contribution in [0, 0.1) is 5.92 Å². The van der Waals surface area contributed by atoms with E-state index >= 15 is 0 Å². The van der Waals surface area contributed by atoms with Crippen molar-refractivity contribution in [2.75, 3.05) is 0 Å². The molecule has 1 heteroatoms. The lowest BCUT2D eigenvalue weighted by Crippen LogP contribution is -2.24. The van der Waals surface area contributed by atoms with Crippen LogP contribution in [-0.2, 0) is 0 Å². The maximum Gasteiger partial charge on any atom is 0.0820 e. The van der Waals surface area contributed by atoms with Gasteiger partial charge in [-0.25, -0.2) is 0 Å². The van der Waals surface area contributed by atoms with Gasteiger partial charge >= 0.3 is 0 Å². The first kappa shape index (κ1) is 12.4. The van der Waals surface area contributed by atoms with Gasteiger partial charge in [0.05, 0.1) is 6.10 Å². The zero-order valence-corrected chi connectivity index (χ0v) is 10.6. The van der Waals surface area contributed by atoms with Crippen LogP contribution >= 0.6 is 0 Å². The van der Waals surface area contributed by atoms with E-state index in [-0.39, 0.29) is 6.10 Å². The number of hydrogen-bond acceptors (Lipinski definition) is 1. The maximum absolute atomic E-state index is 10.5. The van der Waals surface area contributed by atoms with Crippen molar-refractivity contribution in [2.45, 2.75) is 45.1 Å². The fourth-order valence-corrected chi connectivity index (χ4v) is 2.84. The van der Waals surface area contributed by atoms with Crippen LogP contribution in [0.15, 0.2) is 36.4 Å². The van der Waals surface area contributed by atoms with E-state index in [9.17, 15) is 5.11 Å². The van der Waals surface area contributed by atoms with Gasteiger partial charge in [-0.15, -0.1) is 0 Å². The summed E-state index contributed by atoms with van der Waals surface area (Å²) in [5, 5.41) is 10.5. The Labute approximate surface area is 104 Å². The second-order valence-electron chi connectivity index (χ2n) is 4.95. The molecule has 17 heavy (non-hydrogen) atoms. The summed E-state index contributed by atoms with van der Waals surface area (Å²) in [5.41, 5.74) is 2.26. The van der Waals surface area contributed by atoms with Gasteiger partial charge < -0.3 is 5.11 Å². The summed E-state index contributed by atoms with van der Waals surface area (Å²) >= 11 is 0. The van der Waals surface area contributed by atoms with E-state index < -0.39 is 0 Å². The predicted molar refractivity (Wildman–Crippen MR) is 72.7 cm³/mol. The SMILES string of the molecule is C/C=C(\c1ccccc1)[C@H](O)C1CCCCC1. The zero-order valence-electron chi connectivity index (χ0n) is 10.6. The van der Waals surface area contributed by atoms with Gasteiger partial charge in [-0.3, -0.25) is 0 Å². The van der Waals surface area contributed by atoms with Gasteiger partial charge in [-0.1, -0.05) is 55.7 Å². The average molecular weight is 230 g/mol. The van der Waals surface area contributed by atoms with Gasteiger partial charge in [-0.05, 0) is 36.8 Å². The molecule has 92 valence electrons.